The van der Waals surface area contributed by atoms with Crippen LogP contribution in [0.25, 0.3) is 10.1 Å². The number of nitrogens with one attached hydrogen (secondary N) is 1. The van der Waals surface area contributed by atoms with E-state index in [9.17, 15) is 9.90 Å². The summed E-state index contributed by atoms with van der Waals surface area (Å²) in [5, 5.41) is 20.1. The molecule has 1 aromatic carbocycles. The van der Waals surface area contributed by atoms with Crippen LogP contribution in [-0.2, 0) is 7.05 Å². The number of ether oxygens (including phenoxy) is 1. The molecule has 0 aliphatic rings. The Morgan fingerprint density at radius 2 is 2.26 bits per heavy atom. The van der Waals surface area contributed by atoms with Gasteiger partial charge >= 0.3 is 0 Å². The number of nitrogens with zero attached hydrogens (tertiary/aromatic N) is 2. The number of amides is 1. The van der Waals surface area contributed by atoms with Crippen LogP contribution in [0.15, 0.2) is 35.8 Å². The number of aryl methyl sites for hydroxylation is 1. The van der Waals surface area contributed by atoms with E-state index in [1.807, 2.05) is 29.6 Å². The number of hydrogen-bond acceptors (Lipinski definition) is 5. The second kappa shape index (κ2) is 6.39. The molecule has 0 spiro atoms. The third kappa shape index (κ3) is 3.06. The number of methoxy groups -OCH3 is 1. The molecular weight excluding hydrogens is 314 g/mol. The first-order valence-corrected chi connectivity index (χ1v) is 7.98. The average molecular weight is 331 g/mol. The molecule has 23 heavy (non-hydrogen) atoms. The molecule has 0 unspecified atom stereocenters. The Morgan fingerprint density at radius 3 is 3.04 bits per heavy atom. The minimum Gasteiger partial charge on any atom is -0.479 e. The molecule has 0 fully saturated rings. The quantitative estimate of drug-likeness (QED) is 0.751. The van der Waals surface area contributed by atoms with Gasteiger partial charge in [-0.3, -0.25) is 9.48 Å². The third-order valence-electron chi connectivity index (χ3n) is 3.56. The highest BCUT2D eigenvalue weighted by molar-refractivity contribution is 7.17. The monoisotopic (exact) mass is 331 g/mol. The van der Waals surface area contributed by atoms with Gasteiger partial charge < -0.3 is 15.2 Å². The van der Waals surface area contributed by atoms with Gasteiger partial charge in [-0.25, -0.2) is 0 Å². The topological polar surface area (TPSA) is 76.4 Å². The van der Waals surface area contributed by atoms with Crippen molar-refractivity contribution in [1.82, 2.24) is 15.1 Å². The Morgan fingerprint density at radius 1 is 1.48 bits per heavy atom. The number of benzene rings is 1. The zero-order valence-corrected chi connectivity index (χ0v) is 13.6. The SMILES string of the molecule is COc1nn(C)cc1C(=O)NC[C@H](O)c1csc2ccccc12. The lowest BCUT2D eigenvalue weighted by Crippen LogP contribution is -2.28. The number of carbonyl (C=O) groups is 1. The van der Waals surface area contributed by atoms with Crippen LogP contribution in [0.2, 0.25) is 0 Å². The number of aliphatic hydroxyl groups is 1. The second-order valence-electron chi connectivity index (χ2n) is 5.14. The summed E-state index contributed by atoms with van der Waals surface area (Å²) in [6.45, 7) is 0.123. The van der Waals surface area contributed by atoms with Crippen LogP contribution in [0.4, 0.5) is 0 Å². The normalized spacial score (nSPS) is 12.3. The predicted molar refractivity (Wildman–Crippen MR) is 88.9 cm³/mol. The first-order chi connectivity index (χ1) is 11.1. The Labute approximate surface area is 137 Å². The minimum atomic E-state index is -0.766. The van der Waals surface area contributed by atoms with Gasteiger partial charge in [-0.1, -0.05) is 18.2 Å². The van der Waals surface area contributed by atoms with Gasteiger partial charge in [-0.05, 0) is 16.8 Å². The van der Waals surface area contributed by atoms with E-state index < -0.39 is 6.10 Å². The van der Waals surface area contributed by atoms with Crippen LogP contribution in [0, 0.1) is 0 Å². The third-order valence-corrected chi connectivity index (χ3v) is 4.54. The van der Waals surface area contributed by atoms with Crippen molar-refractivity contribution < 1.29 is 14.6 Å². The molecule has 3 aromatic rings. The van der Waals surface area contributed by atoms with Crippen molar-refractivity contribution in [2.45, 2.75) is 6.10 Å². The Bertz CT molecular complexity index is 840. The fourth-order valence-corrected chi connectivity index (χ4v) is 3.43. The Kier molecular flexibility index (Phi) is 4.31. The second-order valence-corrected chi connectivity index (χ2v) is 6.05. The lowest BCUT2D eigenvalue weighted by atomic mass is 10.1. The lowest BCUT2D eigenvalue weighted by molar-refractivity contribution is 0.0914. The molecule has 2 N–H and O–H groups in total. The van der Waals surface area contributed by atoms with Crippen LogP contribution in [0.1, 0.15) is 22.0 Å². The molecule has 0 radical (unpaired) electrons. The van der Waals surface area contributed by atoms with E-state index in [1.54, 1.807) is 24.6 Å². The van der Waals surface area contributed by atoms with Gasteiger partial charge in [0.25, 0.3) is 5.91 Å². The summed E-state index contributed by atoms with van der Waals surface area (Å²) >= 11 is 1.58. The zero-order valence-electron chi connectivity index (χ0n) is 12.8. The van der Waals surface area contributed by atoms with Crippen molar-refractivity contribution in [1.29, 1.82) is 0 Å². The van der Waals surface area contributed by atoms with Crippen LogP contribution in [0.5, 0.6) is 5.88 Å². The van der Waals surface area contributed by atoms with E-state index in [0.29, 0.717) is 5.56 Å². The average Bonchev–Trinajstić information content (AvgIpc) is 3.15. The number of thiophene rings is 1. The van der Waals surface area contributed by atoms with E-state index in [0.717, 1.165) is 15.6 Å². The van der Waals surface area contributed by atoms with Crippen molar-refractivity contribution in [3.63, 3.8) is 0 Å². The number of rotatable bonds is 5. The molecule has 6 nitrogen and oxygen atoms in total. The summed E-state index contributed by atoms with van der Waals surface area (Å²) in [5.41, 5.74) is 1.17. The Hall–Kier alpha value is -2.38. The highest BCUT2D eigenvalue weighted by Crippen LogP contribution is 2.30. The van der Waals surface area contributed by atoms with Crippen LogP contribution in [0.3, 0.4) is 0 Å². The highest BCUT2D eigenvalue weighted by atomic mass is 32.1. The summed E-state index contributed by atoms with van der Waals surface area (Å²) in [6.07, 6.45) is 0.818. The summed E-state index contributed by atoms with van der Waals surface area (Å²) < 4.78 is 7.69. The Balaban J connectivity index is 1.71. The van der Waals surface area contributed by atoms with Gasteiger partial charge in [-0.2, -0.15) is 0 Å². The number of aliphatic hydroxyl groups excluding tert-OH is 1. The van der Waals surface area contributed by atoms with E-state index >= 15 is 0 Å². The van der Waals surface area contributed by atoms with Crippen molar-refractivity contribution in [2.24, 2.45) is 7.05 Å². The van der Waals surface area contributed by atoms with E-state index in [4.69, 9.17) is 4.74 Å². The number of carbonyl (C=O) groups excluding carboxylic acids is 1. The zero-order chi connectivity index (χ0) is 16.4. The molecule has 7 heteroatoms. The summed E-state index contributed by atoms with van der Waals surface area (Å²) in [7, 11) is 3.18. The van der Waals surface area contributed by atoms with Gasteiger partial charge in [0.15, 0.2) is 0 Å². The highest BCUT2D eigenvalue weighted by Gasteiger charge is 2.19. The smallest absolute Gasteiger partial charge is 0.258 e. The van der Waals surface area contributed by atoms with Gasteiger partial charge in [0.05, 0.1) is 13.2 Å². The van der Waals surface area contributed by atoms with E-state index in [2.05, 4.69) is 10.4 Å². The lowest BCUT2D eigenvalue weighted by Gasteiger charge is -2.11. The standard InChI is InChI=1S/C16H17N3O3S/c1-19-8-11(16(18-19)22-2)15(21)17-7-13(20)12-9-23-14-6-4-3-5-10(12)14/h3-6,8-9,13,20H,7H2,1-2H3,(H,17,21)/t13-/m0/s1. The molecule has 0 saturated heterocycles. The van der Waals surface area contributed by atoms with Crippen molar-refractivity contribution >= 4 is 27.3 Å². The first-order valence-electron chi connectivity index (χ1n) is 7.10. The molecule has 1 atom stereocenters. The molecule has 0 saturated carbocycles. The molecule has 0 aliphatic carbocycles. The van der Waals surface area contributed by atoms with Crippen LogP contribution < -0.4 is 10.1 Å². The van der Waals surface area contributed by atoms with E-state index in [-0.39, 0.29) is 18.3 Å². The van der Waals surface area contributed by atoms with Crippen molar-refractivity contribution in [2.75, 3.05) is 13.7 Å². The number of hydrogen-bond donors (Lipinski definition) is 2. The van der Waals surface area contributed by atoms with Crippen LogP contribution >= 0.6 is 11.3 Å². The van der Waals surface area contributed by atoms with Gasteiger partial charge in [0, 0.05) is 30.1 Å². The number of fused-ring (bicyclic) bond motifs is 1. The molecule has 0 aliphatic heterocycles. The molecule has 2 heterocycles. The van der Waals surface area contributed by atoms with Crippen molar-refractivity contribution in [3.8, 4) is 5.88 Å². The molecule has 3 rings (SSSR count). The van der Waals surface area contributed by atoms with Gasteiger partial charge in [-0.15, -0.1) is 16.4 Å². The minimum absolute atomic E-state index is 0.123. The first kappa shape index (κ1) is 15.5. The predicted octanol–water partition coefficient (Wildman–Crippen LogP) is 2.11. The molecule has 0 bridgehead atoms. The summed E-state index contributed by atoms with van der Waals surface area (Å²) in [6, 6.07) is 7.88. The van der Waals surface area contributed by atoms with Crippen molar-refractivity contribution in [3.05, 3.63) is 47.0 Å². The fourth-order valence-electron chi connectivity index (χ4n) is 2.43. The molecule has 2 aromatic heterocycles. The van der Waals surface area contributed by atoms with Crippen LogP contribution in [-0.4, -0.2) is 34.4 Å². The molecule has 120 valence electrons. The maximum atomic E-state index is 12.2. The maximum Gasteiger partial charge on any atom is 0.258 e. The molecular formula is C16H17N3O3S. The summed E-state index contributed by atoms with van der Waals surface area (Å²) in [4.78, 5) is 12.2. The van der Waals surface area contributed by atoms with Gasteiger partial charge in [0.1, 0.15) is 5.56 Å². The largest absolute Gasteiger partial charge is 0.479 e. The van der Waals surface area contributed by atoms with E-state index in [1.165, 1.54) is 11.8 Å². The number of aromatic nitrogens is 2. The molecule has 1 amide bonds. The summed E-state index contributed by atoms with van der Waals surface area (Å²) in [5.74, 6) is -0.0611. The maximum absolute atomic E-state index is 12.2. The van der Waals surface area contributed by atoms with Gasteiger partial charge in [0.2, 0.25) is 5.88 Å². The fraction of sp³-hybridized carbons (Fsp3) is 0.250.